The zero-order chi connectivity index (χ0) is 24.7. The van der Waals surface area contributed by atoms with E-state index in [0.717, 1.165) is 0 Å². The standard InChI is InChI=1S/C24H32N4O5Si/c1-4-31-34(32-5-2,18-6-15-26-20(3)29)33-17-16-30-24-13-11-23(12-14-24)28-27-22-9-7-21(19-25)8-10-22/h7-14H,4-6,15-18H2,1-3H3,(H,26,29). The molecule has 0 heterocycles. The lowest BCUT2D eigenvalue weighted by Crippen LogP contribution is -2.47. The first-order valence-corrected chi connectivity index (χ1v) is 13.2. The second-order valence-corrected chi connectivity index (χ2v) is 9.92. The fourth-order valence-electron chi connectivity index (χ4n) is 3.03. The van der Waals surface area contributed by atoms with Crippen molar-refractivity contribution in [2.24, 2.45) is 10.2 Å². The van der Waals surface area contributed by atoms with Crippen molar-refractivity contribution in [3.8, 4) is 11.8 Å². The fraction of sp³-hybridized carbons (Fsp3) is 0.417. The molecule has 0 fully saturated rings. The molecule has 0 radical (unpaired) electrons. The summed E-state index contributed by atoms with van der Waals surface area (Å²) in [6, 6.07) is 16.8. The molecule has 1 amide bonds. The number of rotatable bonds is 15. The van der Waals surface area contributed by atoms with Crippen LogP contribution in [0.15, 0.2) is 58.8 Å². The van der Waals surface area contributed by atoms with Gasteiger partial charge in [-0.2, -0.15) is 15.5 Å². The third-order valence-corrected chi connectivity index (χ3v) is 7.62. The van der Waals surface area contributed by atoms with Gasteiger partial charge in [0.2, 0.25) is 5.91 Å². The number of benzene rings is 2. The molecule has 9 nitrogen and oxygen atoms in total. The number of ether oxygens (including phenoxy) is 1. The molecule has 0 spiro atoms. The third kappa shape index (κ3) is 9.80. The smallest absolute Gasteiger partial charge is 0.491 e. The van der Waals surface area contributed by atoms with E-state index in [1.54, 1.807) is 24.3 Å². The fourth-order valence-corrected chi connectivity index (χ4v) is 5.60. The minimum Gasteiger partial charge on any atom is -0.491 e. The molecule has 0 aliphatic carbocycles. The Kier molecular flexibility index (Phi) is 11.9. The Bertz CT molecular complexity index is 939. The quantitative estimate of drug-likeness (QED) is 0.218. The van der Waals surface area contributed by atoms with E-state index in [0.29, 0.717) is 68.1 Å². The van der Waals surface area contributed by atoms with Gasteiger partial charge in [-0.1, -0.05) is 0 Å². The molecule has 10 heteroatoms. The Labute approximate surface area is 202 Å². The highest BCUT2D eigenvalue weighted by Gasteiger charge is 2.40. The number of amides is 1. The van der Waals surface area contributed by atoms with Gasteiger partial charge in [-0.3, -0.25) is 4.79 Å². The Morgan fingerprint density at radius 1 is 0.941 bits per heavy atom. The van der Waals surface area contributed by atoms with Gasteiger partial charge in [-0.15, -0.1) is 0 Å². The zero-order valence-electron chi connectivity index (χ0n) is 20.0. The topological polar surface area (TPSA) is 115 Å². The van der Waals surface area contributed by atoms with Gasteiger partial charge >= 0.3 is 8.80 Å². The monoisotopic (exact) mass is 484 g/mol. The molecule has 2 aromatic rings. The van der Waals surface area contributed by atoms with E-state index in [-0.39, 0.29) is 5.91 Å². The van der Waals surface area contributed by atoms with Crippen LogP contribution < -0.4 is 10.1 Å². The molecule has 0 bridgehead atoms. The second-order valence-electron chi connectivity index (χ2n) is 7.19. The lowest BCUT2D eigenvalue weighted by Gasteiger charge is -2.29. The minimum absolute atomic E-state index is 0.0591. The van der Waals surface area contributed by atoms with Crippen LogP contribution in [0.25, 0.3) is 0 Å². The molecule has 2 aromatic carbocycles. The van der Waals surface area contributed by atoms with Crippen molar-refractivity contribution in [3.63, 3.8) is 0 Å². The lowest BCUT2D eigenvalue weighted by molar-refractivity contribution is -0.118. The number of nitrogens with zero attached hydrogens (tertiary/aromatic N) is 3. The molecule has 182 valence electrons. The van der Waals surface area contributed by atoms with Crippen molar-refractivity contribution in [1.29, 1.82) is 5.26 Å². The molecule has 0 saturated carbocycles. The molecule has 0 aliphatic heterocycles. The normalized spacial score (nSPS) is 11.4. The van der Waals surface area contributed by atoms with Gasteiger partial charge in [0, 0.05) is 32.7 Å². The molecule has 2 rings (SSSR count). The number of hydrogen-bond donors (Lipinski definition) is 1. The molecule has 0 atom stereocenters. The predicted molar refractivity (Wildman–Crippen MR) is 130 cm³/mol. The summed E-state index contributed by atoms with van der Waals surface area (Å²) >= 11 is 0. The van der Waals surface area contributed by atoms with Crippen molar-refractivity contribution in [2.45, 2.75) is 33.2 Å². The van der Waals surface area contributed by atoms with Gasteiger partial charge in [-0.25, -0.2) is 0 Å². The average molecular weight is 485 g/mol. The average Bonchev–Trinajstić information content (AvgIpc) is 2.84. The summed E-state index contributed by atoms with van der Waals surface area (Å²) < 4.78 is 23.7. The van der Waals surface area contributed by atoms with Crippen LogP contribution >= 0.6 is 0 Å². The Hall–Kier alpha value is -3.10. The number of carbonyl (C=O) groups is 1. The molecule has 0 unspecified atom stereocenters. The van der Waals surface area contributed by atoms with E-state index in [1.807, 2.05) is 38.1 Å². The molecule has 0 saturated heterocycles. The van der Waals surface area contributed by atoms with E-state index in [4.69, 9.17) is 23.3 Å². The molecule has 34 heavy (non-hydrogen) atoms. The van der Waals surface area contributed by atoms with Gasteiger partial charge in [0.1, 0.15) is 12.4 Å². The highest BCUT2D eigenvalue weighted by molar-refractivity contribution is 6.60. The maximum absolute atomic E-state index is 11.1. The zero-order valence-corrected chi connectivity index (χ0v) is 21.0. The van der Waals surface area contributed by atoms with Crippen molar-refractivity contribution >= 4 is 26.1 Å². The van der Waals surface area contributed by atoms with Crippen LogP contribution in [-0.2, 0) is 18.1 Å². The molecule has 1 N–H and O–H groups in total. The third-order valence-electron chi connectivity index (χ3n) is 4.55. The van der Waals surface area contributed by atoms with Gasteiger partial charge < -0.3 is 23.3 Å². The predicted octanol–water partition coefficient (Wildman–Crippen LogP) is 4.91. The lowest BCUT2D eigenvalue weighted by atomic mass is 10.2. The summed E-state index contributed by atoms with van der Waals surface area (Å²) in [6.07, 6.45) is 0.713. The molecule has 0 aliphatic rings. The number of nitrogens with one attached hydrogen (secondary N) is 1. The Morgan fingerprint density at radius 3 is 2.06 bits per heavy atom. The van der Waals surface area contributed by atoms with E-state index < -0.39 is 8.80 Å². The Balaban J connectivity index is 1.83. The van der Waals surface area contributed by atoms with E-state index in [1.165, 1.54) is 6.92 Å². The summed E-state index contributed by atoms with van der Waals surface area (Å²) in [4.78, 5) is 11.1. The van der Waals surface area contributed by atoms with E-state index in [9.17, 15) is 4.79 Å². The SMILES string of the molecule is CCO[Si](CCCNC(C)=O)(OCC)OCCOc1ccc(N=Nc2ccc(C#N)cc2)cc1. The summed E-state index contributed by atoms with van der Waals surface area (Å²) in [5.74, 6) is 0.628. The van der Waals surface area contributed by atoms with Crippen LogP contribution in [0, 0.1) is 11.3 Å². The maximum atomic E-state index is 11.1. The highest BCUT2D eigenvalue weighted by Crippen LogP contribution is 2.22. The summed E-state index contributed by atoms with van der Waals surface area (Å²) in [7, 11) is -2.84. The van der Waals surface area contributed by atoms with Crippen molar-refractivity contribution in [3.05, 3.63) is 54.1 Å². The van der Waals surface area contributed by atoms with Gasteiger partial charge in [0.05, 0.1) is 29.6 Å². The van der Waals surface area contributed by atoms with Gasteiger partial charge in [0.15, 0.2) is 0 Å². The first-order valence-electron chi connectivity index (χ1n) is 11.3. The van der Waals surface area contributed by atoms with Crippen molar-refractivity contribution in [1.82, 2.24) is 5.32 Å². The van der Waals surface area contributed by atoms with Crippen LogP contribution in [0.1, 0.15) is 32.8 Å². The molecule has 0 aromatic heterocycles. The number of nitriles is 1. The van der Waals surface area contributed by atoms with Gasteiger partial charge in [0.25, 0.3) is 0 Å². The van der Waals surface area contributed by atoms with Crippen LogP contribution in [0.2, 0.25) is 6.04 Å². The number of azo groups is 1. The van der Waals surface area contributed by atoms with Gasteiger partial charge in [-0.05, 0) is 68.8 Å². The Morgan fingerprint density at radius 2 is 1.53 bits per heavy atom. The second kappa shape index (κ2) is 14.9. The summed E-state index contributed by atoms with van der Waals surface area (Å²) in [5, 5.41) is 20.0. The van der Waals surface area contributed by atoms with Crippen molar-refractivity contribution in [2.75, 3.05) is 33.0 Å². The van der Waals surface area contributed by atoms with E-state index in [2.05, 4.69) is 21.6 Å². The minimum atomic E-state index is -2.84. The summed E-state index contributed by atoms with van der Waals surface area (Å²) in [6.45, 7) is 7.52. The number of hydrogen-bond acceptors (Lipinski definition) is 8. The van der Waals surface area contributed by atoms with Crippen LogP contribution in [0.3, 0.4) is 0 Å². The first-order chi connectivity index (χ1) is 16.5. The van der Waals surface area contributed by atoms with Crippen LogP contribution in [0.4, 0.5) is 11.4 Å². The largest absolute Gasteiger partial charge is 0.501 e. The maximum Gasteiger partial charge on any atom is 0.501 e. The molecular weight excluding hydrogens is 452 g/mol. The van der Waals surface area contributed by atoms with Crippen LogP contribution in [0.5, 0.6) is 5.75 Å². The summed E-state index contributed by atoms with van der Waals surface area (Å²) in [5.41, 5.74) is 1.94. The highest BCUT2D eigenvalue weighted by atomic mass is 28.4. The van der Waals surface area contributed by atoms with Crippen molar-refractivity contribution < 1.29 is 22.8 Å². The van der Waals surface area contributed by atoms with E-state index >= 15 is 0 Å². The number of carbonyl (C=O) groups excluding carboxylic acids is 1. The van der Waals surface area contributed by atoms with Crippen LogP contribution in [-0.4, -0.2) is 47.7 Å². The molecular formula is C24H32N4O5Si. The first kappa shape index (κ1) is 27.1.